The molecular weight excluding hydrogens is 376 g/mol. The molecule has 0 aliphatic carbocycles. The third-order valence-electron chi connectivity index (χ3n) is 3.25. The minimum Gasteiger partial charge on any atom is -0.464 e. The molecule has 0 aromatic heterocycles. The van der Waals surface area contributed by atoms with E-state index in [1.807, 2.05) is 0 Å². The third kappa shape index (κ3) is 16.9. The highest BCUT2D eigenvalue weighted by molar-refractivity contribution is 5.70. The van der Waals surface area contributed by atoms with Crippen molar-refractivity contribution in [2.45, 2.75) is 71.0 Å². The molecular formula is C17H30N2O9. The number of ether oxygens (including phenoxy) is 3. The summed E-state index contributed by atoms with van der Waals surface area (Å²) in [6.07, 6.45) is 1.39. The van der Waals surface area contributed by atoms with Crippen molar-refractivity contribution in [3.63, 3.8) is 0 Å². The van der Waals surface area contributed by atoms with Crippen LogP contribution in [0.15, 0.2) is 0 Å². The number of hydrogen-bond acceptors (Lipinski definition) is 9. The lowest BCUT2D eigenvalue weighted by Gasteiger charge is -2.21. The number of unbranched alkanes of at least 4 members (excludes halogenated alkanes) is 2. The molecule has 0 saturated carbocycles. The van der Waals surface area contributed by atoms with Crippen LogP contribution in [-0.4, -0.2) is 55.1 Å². The number of alkyl carbamates (subject to hydrolysis) is 1. The van der Waals surface area contributed by atoms with Crippen LogP contribution in [0.3, 0.4) is 0 Å². The molecule has 1 amide bonds. The van der Waals surface area contributed by atoms with Crippen LogP contribution in [0.4, 0.5) is 4.79 Å². The minimum atomic E-state index is -0.869. The molecule has 0 radical (unpaired) electrons. The zero-order valence-corrected chi connectivity index (χ0v) is 16.6. The van der Waals surface area contributed by atoms with Gasteiger partial charge in [-0.15, -0.1) is 10.1 Å². The standard InChI is InChI=1S/C17H30N2O9/c1-17(2,3)28-15(21)12-14(26-13-20)8-4-5-9-18-16(22)25-10-6-7-11-27-19(23)24/h13-14H,4-12H2,1-3H3,(H,18,22). The molecule has 0 fully saturated rings. The minimum absolute atomic E-state index is 0.0222. The summed E-state index contributed by atoms with van der Waals surface area (Å²) >= 11 is 0. The predicted octanol–water partition coefficient (Wildman–Crippen LogP) is 2.14. The van der Waals surface area contributed by atoms with Crippen LogP contribution in [0, 0.1) is 10.1 Å². The number of amides is 1. The van der Waals surface area contributed by atoms with Gasteiger partial charge < -0.3 is 24.4 Å². The quantitative estimate of drug-likeness (QED) is 0.108. The van der Waals surface area contributed by atoms with Gasteiger partial charge in [0.2, 0.25) is 0 Å². The van der Waals surface area contributed by atoms with Gasteiger partial charge in [0.25, 0.3) is 11.6 Å². The Hall–Kier alpha value is -2.59. The SMILES string of the molecule is CC(C)(C)OC(=O)CC(CCCCNC(=O)OCCCCO[N+](=O)[O-])OC=O. The predicted molar refractivity (Wildman–Crippen MR) is 96.8 cm³/mol. The van der Waals surface area contributed by atoms with Crippen molar-refractivity contribution in [2.24, 2.45) is 0 Å². The first kappa shape index (κ1) is 25.4. The molecule has 162 valence electrons. The van der Waals surface area contributed by atoms with Crippen LogP contribution in [0.25, 0.3) is 0 Å². The maximum absolute atomic E-state index is 11.8. The van der Waals surface area contributed by atoms with E-state index < -0.39 is 28.9 Å². The Bertz CT molecular complexity index is 492. The van der Waals surface area contributed by atoms with Gasteiger partial charge in [-0.25, -0.2) is 4.79 Å². The number of carbonyl (C=O) groups is 3. The first-order valence-electron chi connectivity index (χ1n) is 9.13. The number of esters is 1. The van der Waals surface area contributed by atoms with Gasteiger partial charge in [0.15, 0.2) is 0 Å². The van der Waals surface area contributed by atoms with Crippen molar-refractivity contribution in [1.82, 2.24) is 5.32 Å². The van der Waals surface area contributed by atoms with E-state index in [2.05, 4.69) is 10.2 Å². The van der Waals surface area contributed by atoms with Crippen LogP contribution in [0.5, 0.6) is 0 Å². The zero-order chi connectivity index (χ0) is 21.4. The van der Waals surface area contributed by atoms with E-state index in [0.717, 1.165) is 0 Å². The molecule has 1 N–H and O–H groups in total. The molecule has 0 spiro atoms. The Labute approximate surface area is 164 Å². The first-order valence-corrected chi connectivity index (χ1v) is 9.13. The fourth-order valence-corrected chi connectivity index (χ4v) is 2.11. The van der Waals surface area contributed by atoms with Gasteiger partial charge in [0.05, 0.1) is 19.6 Å². The van der Waals surface area contributed by atoms with Crippen molar-refractivity contribution in [2.75, 3.05) is 19.8 Å². The lowest BCUT2D eigenvalue weighted by atomic mass is 10.1. The summed E-state index contributed by atoms with van der Waals surface area (Å²) in [6.45, 7) is 6.04. The molecule has 0 aliphatic rings. The van der Waals surface area contributed by atoms with Crippen molar-refractivity contribution in [1.29, 1.82) is 0 Å². The Morgan fingerprint density at radius 1 is 1.14 bits per heavy atom. The molecule has 1 atom stereocenters. The highest BCUT2D eigenvalue weighted by atomic mass is 16.9. The second-order valence-electron chi connectivity index (χ2n) is 6.97. The maximum atomic E-state index is 11.8. The Balaban J connectivity index is 3.81. The molecule has 11 nitrogen and oxygen atoms in total. The van der Waals surface area contributed by atoms with Gasteiger partial charge in [0, 0.05) is 6.54 Å². The Morgan fingerprint density at radius 2 is 1.82 bits per heavy atom. The van der Waals surface area contributed by atoms with E-state index >= 15 is 0 Å². The molecule has 11 heteroatoms. The summed E-state index contributed by atoms with van der Waals surface area (Å²) in [5, 5.41) is 11.6. The molecule has 0 aliphatic heterocycles. The molecule has 1 unspecified atom stereocenters. The number of hydrogen-bond donors (Lipinski definition) is 1. The highest BCUT2D eigenvalue weighted by Crippen LogP contribution is 2.13. The number of nitrogens with zero attached hydrogens (tertiary/aromatic N) is 1. The summed E-state index contributed by atoms with van der Waals surface area (Å²) in [5.41, 5.74) is -0.605. The second kappa shape index (κ2) is 14.5. The average molecular weight is 406 g/mol. The fraction of sp³-hybridized carbons (Fsp3) is 0.824. The van der Waals surface area contributed by atoms with Gasteiger partial charge in [-0.3, -0.25) is 9.59 Å². The van der Waals surface area contributed by atoms with Crippen LogP contribution < -0.4 is 5.32 Å². The average Bonchev–Trinajstić information content (AvgIpc) is 2.55. The highest BCUT2D eigenvalue weighted by Gasteiger charge is 2.21. The molecule has 0 aromatic carbocycles. The molecule has 0 saturated heterocycles. The number of carbonyl (C=O) groups excluding carboxylic acids is 3. The Morgan fingerprint density at radius 3 is 2.43 bits per heavy atom. The van der Waals surface area contributed by atoms with Crippen LogP contribution in [-0.2, 0) is 28.6 Å². The third-order valence-corrected chi connectivity index (χ3v) is 3.25. The molecule has 0 aromatic rings. The molecule has 28 heavy (non-hydrogen) atoms. The molecule has 0 bridgehead atoms. The molecule has 0 rings (SSSR count). The largest absolute Gasteiger partial charge is 0.464 e. The van der Waals surface area contributed by atoms with Gasteiger partial charge in [-0.05, 0) is 52.9 Å². The van der Waals surface area contributed by atoms with E-state index in [4.69, 9.17) is 14.2 Å². The van der Waals surface area contributed by atoms with E-state index in [9.17, 15) is 24.5 Å². The summed E-state index contributed by atoms with van der Waals surface area (Å²) < 4.78 is 15.0. The van der Waals surface area contributed by atoms with Gasteiger partial charge in [-0.1, -0.05) is 0 Å². The fourth-order valence-electron chi connectivity index (χ4n) is 2.11. The van der Waals surface area contributed by atoms with Crippen LogP contribution in [0.2, 0.25) is 0 Å². The van der Waals surface area contributed by atoms with E-state index in [0.29, 0.717) is 45.1 Å². The van der Waals surface area contributed by atoms with Crippen molar-refractivity contribution < 1.29 is 38.5 Å². The van der Waals surface area contributed by atoms with Crippen LogP contribution in [0.1, 0.15) is 59.3 Å². The van der Waals surface area contributed by atoms with E-state index in [1.165, 1.54) is 0 Å². The van der Waals surface area contributed by atoms with Gasteiger partial charge >= 0.3 is 12.1 Å². The first-order chi connectivity index (χ1) is 13.1. The van der Waals surface area contributed by atoms with Gasteiger partial charge in [-0.2, -0.15) is 0 Å². The van der Waals surface area contributed by atoms with E-state index in [-0.39, 0.29) is 19.6 Å². The second-order valence-corrected chi connectivity index (χ2v) is 6.97. The van der Waals surface area contributed by atoms with Crippen molar-refractivity contribution in [3.8, 4) is 0 Å². The molecule has 0 heterocycles. The lowest BCUT2D eigenvalue weighted by Crippen LogP contribution is -2.28. The van der Waals surface area contributed by atoms with Crippen molar-refractivity contribution in [3.05, 3.63) is 10.1 Å². The lowest BCUT2D eigenvalue weighted by molar-refractivity contribution is -0.757. The monoisotopic (exact) mass is 406 g/mol. The Kier molecular flexibility index (Phi) is 13.1. The maximum Gasteiger partial charge on any atom is 0.407 e. The normalized spacial score (nSPS) is 11.8. The number of rotatable bonds is 15. The van der Waals surface area contributed by atoms with Crippen molar-refractivity contribution >= 4 is 18.5 Å². The van der Waals surface area contributed by atoms with E-state index in [1.54, 1.807) is 20.8 Å². The number of nitrogens with one attached hydrogen (secondary N) is 1. The smallest absolute Gasteiger partial charge is 0.407 e. The topological polar surface area (TPSA) is 143 Å². The summed E-state index contributed by atoms with van der Waals surface area (Å²) in [7, 11) is 0. The summed E-state index contributed by atoms with van der Waals surface area (Å²) in [4.78, 5) is 47.9. The van der Waals surface area contributed by atoms with Gasteiger partial charge in [0.1, 0.15) is 11.7 Å². The summed E-state index contributed by atoms with van der Waals surface area (Å²) in [6, 6.07) is 0. The van der Waals surface area contributed by atoms with Crippen LogP contribution >= 0.6 is 0 Å². The summed E-state index contributed by atoms with van der Waals surface area (Å²) in [5.74, 6) is -0.440. The zero-order valence-electron chi connectivity index (χ0n) is 16.6.